The molecule has 0 aliphatic heterocycles. The molecule has 0 atom stereocenters. The summed E-state index contributed by atoms with van der Waals surface area (Å²) >= 11 is 0. The van der Waals surface area contributed by atoms with E-state index in [1.54, 1.807) is 74.7 Å². The van der Waals surface area contributed by atoms with Crippen molar-refractivity contribution in [2.45, 2.75) is 186 Å². The monoisotopic (exact) mass is 1160 g/mol. The maximum absolute atomic E-state index is 11.8. The number of benzene rings is 6. The predicted molar refractivity (Wildman–Crippen MR) is 339 cm³/mol. The number of hydrogen-bond acceptors (Lipinski definition) is 13. The molecule has 13 heteroatoms. The zero-order chi connectivity index (χ0) is 64.4. The second-order valence-electron chi connectivity index (χ2n) is 24.5. The zero-order valence-corrected chi connectivity index (χ0v) is 54.0. The number of methoxy groups -OCH3 is 1. The summed E-state index contributed by atoms with van der Waals surface area (Å²) in [5.74, 6) is 2.41. The quantitative estimate of drug-likeness (QED) is 0.0394. The maximum Gasteiger partial charge on any atom is 0.316 e. The molecule has 0 aliphatic rings. The van der Waals surface area contributed by atoms with Crippen molar-refractivity contribution in [3.8, 4) is 57.5 Å². The van der Waals surface area contributed by atoms with Gasteiger partial charge in [-0.2, -0.15) is 0 Å². The molecule has 0 saturated carbocycles. The van der Waals surface area contributed by atoms with Crippen LogP contribution in [0.25, 0.3) is 0 Å². The lowest BCUT2D eigenvalue weighted by atomic mass is 9.82. The molecule has 0 aliphatic carbocycles. The van der Waals surface area contributed by atoms with Crippen molar-refractivity contribution in [3.63, 3.8) is 0 Å². The average molecular weight is 1160 g/mol. The van der Waals surface area contributed by atoms with E-state index in [1.165, 1.54) is 41.5 Å². The van der Waals surface area contributed by atoms with Crippen molar-refractivity contribution >= 4 is 17.9 Å². The lowest BCUT2D eigenvalue weighted by molar-refractivity contribution is -0.144. The van der Waals surface area contributed by atoms with Crippen LogP contribution in [0.2, 0.25) is 0 Å². The van der Waals surface area contributed by atoms with Gasteiger partial charge in [-0.15, -0.1) is 0 Å². The van der Waals surface area contributed by atoms with Gasteiger partial charge in [0.25, 0.3) is 0 Å². The molecule has 462 valence electrons. The average Bonchev–Trinajstić information content (AvgIpc) is 3.58. The highest BCUT2D eigenvalue weighted by molar-refractivity contribution is 5.79. The van der Waals surface area contributed by atoms with Crippen molar-refractivity contribution < 1.29 is 64.0 Å². The second-order valence-corrected chi connectivity index (χ2v) is 24.5. The summed E-state index contributed by atoms with van der Waals surface area (Å²) in [6, 6.07) is 37.6. The SMILES string of the molecule is CCC(C)(C)C(=O)Oc1ccc(O)c(C)c1.CCC(C)(C)C(=O)Oc1ccc(O)cc1.CCC(C)(C)C(=O)Oc1cccc(O)c1.CCC(C)(C)c1ccc(O)cc1.CCC(C)(C)c1ccc(OC)c(O)c1.CCC(C)(C)c1cccc(O)c1. The van der Waals surface area contributed by atoms with Crippen LogP contribution in [0.1, 0.15) is 185 Å². The first-order chi connectivity index (χ1) is 38.9. The first-order valence-electron chi connectivity index (χ1n) is 28.9. The predicted octanol–water partition coefficient (Wildman–Crippen LogP) is 17.8. The number of hydrogen-bond donors (Lipinski definition) is 6. The van der Waals surface area contributed by atoms with E-state index >= 15 is 0 Å². The van der Waals surface area contributed by atoms with E-state index in [0.29, 0.717) is 46.5 Å². The summed E-state index contributed by atoms with van der Waals surface area (Å²) in [6.45, 7) is 38.2. The molecule has 0 bridgehead atoms. The van der Waals surface area contributed by atoms with Crippen molar-refractivity contribution in [3.05, 3.63) is 156 Å². The number of ether oxygens (including phenoxy) is 4. The Bertz CT molecular complexity index is 2950. The van der Waals surface area contributed by atoms with E-state index in [9.17, 15) is 34.8 Å². The molecule has 0 saturated heterocycles. The molecule has 0 unspecified atom stereocenters. The number of phenolic OH excluding ortho intramolecular Hbond substituents is 6. The zero-order valence-electron chi connectivity index (χ0n) is 54.0. The van der Waals surface area contributed by atoms with Crippen LogP contribution < -0.4 is 18.9 Å². The first kappa shape index (κ1) is 74.3. The summed E-state index contributed by atoms with van der Waals surface area (Å²) in [6.07, 6.45) is 5.39. The Hall–Kier alpha value is -7.67. The molecular formula is C71H100O13. The van der Waals surface area contributed by atoms with E-state index in [4.69, 9.17) is 29.2 Å². The van der Waals surface area contributed by atoms with Gasteiger partial charge >= 0.3 is 17.9 Å². The summed E-state index contributed by atoms with van der Waals surface area (Å²) in [5, 5.41) is 55.6. The van der Waals surface area contributed by atoms with Gasteiger partial charge in [-0.05, 0) is 216 Å². The Kier molecular flexibility index (Phi) is 29.7. The van der Waals surface area contributed by atoms with Crippen LogP contribution in [0.15, 0.2) is 133 Å². The van der Waals surface area contributed by atoms with Crippen LogP contribution in [-0.2, 0) is 30.6 Å². The topological polar surface area (TPSA) is 210 Å². The van der Waals surface area contributed by atoms with Crippen LogP contribution >= 0.6 is 0 Å². The number of phenols is 6. The van der Waals surface area contributed by atoms with Gasteiger partial charge in [-0.1, -0.05) is 119 Å². The molecule has 6 aromatic rings. The molecule has 0 heterocycles. The lowest BCUT2D eigenvalue weighted by Gasteiger charge is -2.23. The van der Waals surface area contributed by atoms with Crippen molar-refractivity contribution in [2.75, 3.05) is 7.11 Å². The number of carbonyl (C=O) groups is 3. The number of esters is 3. The fourth-order valence-electron chi connectivity index (χ4n) is 6.48. The summed E-state index contributed by atoms with van der Waals surface area (Å²) in [5.41, 5.74) is 3.34. The van der Waals surface area contributed by atoms with Gasteiger partial charge < -0.3 is 49.6 Å². The minimum absolute atomic E-state index is 0.0922. The molecule has 0 aromatic heterocycles. The Labute approximate surface area is 502 Å². The minimum Gasteiger partial charge on any atom is -0.508 e. The Morgan fingerprint density at radius 1 is 0.357 bits per heavy atom. The van der Waals surface area contributed by atoms with Gasteiger partial charge in [-0.25, -0.2) is 0 Å². The third-order valence-corrected chi connectivity index (χ3v) is 15.7. The van der Waals surface area contributed by atoms with Gasteiger partial charge in [0.15, 0.2) is 11.5 Å². The molecule has 0 fully saturated rings. The Balaban J connectivity index is 0.000000505. The van der Waals surface area contributed by atoms with Crippen LogP contribution in [0, 0.1) is 23.2 Å². The first-order valence-corrected chi connectivity index (χ1v) is 28.9. The fraction of sp³-hybridized carbons (Fsp3) is 0.451. The van der Waals surface area contributed by atoms with Gasteiger partial charge in [0.05, 0.1) is 23.4 Å². The van der Waals surface area contributed by atoms with Crippen LogP contribution in [0.3, 0.4) is 0 Å². The second kappa shape index (κ2) is 33.6. The number of aryl methyl sites for hydroxylation is 1. The van der Waals surface area contributed by atoms with Crippen LogP contribution in [-0.4, -0.2) is 55.7 Å². The van der Waals surface area contributed by atoms with Gasteiger partial charge in [0.2, 0.25) is 0 Å². The van der Waals surface area contributed by atoms with E-state index in [-0.39, 0.29) is 57.2 Å². The molecule has 13 nitrogen and oxygen atoms in total. The Morgan fingerprint density at radius 2 is 0.714 bits per heavy atom. The third kappa shape index (κ3) is 25.0. The van der Waals surface area contributed by atoms with Crippen LogP contribution in [0.5, 0.6) is 57.5 Å². The smallest absolute Gasteiger partial charge is 0.316 e. The summed E-state index contributed by atoms with van der Waals surface area (Å²) in [7, 11) is 1.56. The van der Waals surface area contributed by atoms with E-state index in [0.717, 1.165) is 37.7 Å². The molecule has 0 radical (unpaired) electrons. The highest BCUT2D eigenvalue weighted by Crippen LogP contribution is 2.35. The molecule has 6 aromatic carbocycles. The van der Waals surface area contributed by atoms with Gasteiger partial charge in [-0.3, -0.25) is 14.4 Å². The number of carbonyl (C=O) groups excluding carboxylic acids is 3. The van der Waals surface area contributed by atoms with E-state index in [1.807, 2.05) is 98.7 Å². The number of rotatable bonds is 16. The largest absolute Gasteiger partial charge is 0.508 e. The molecule has 6 N–H and O–H groups in total. The Morgan fingerprint density at radius 3 is 1.10 bits per heavy atom. The molecule has 0 amide bonds. The van der Waals surface area contributed by atoms with Crippen molar-refractivity contribution in [2.24, 2.45) is 16.2 Å². The molecule has 84 heavy (non-hydrogen) atoms. The highest BCUT2D eigenvalue weighted by atomic mass is 16.5. The molecular weight excluding hydrogens is 1060 g/mol. The fourth-order valence-corrected chi connectivity index (χ4v) is 6.48. The van der Waals surface area contributed by atoms with Gasteiger partial charge in [0.1, 0.15) is 46.0 Å². The normalized spacial score (nSPS) is 11.3. The number of aromatic hydroxyl groups is 6. The van der Waals surface area contributed by atoms with E-state index < -0.39 is 16.2 Å². The summed E-state index contributed by atoms with van der Waals surface area (Å²) in [4.78, 5) is 35.1. The van der Waals surface area contributed by atoms with Crippen molar-refractivity contribution in [1.29, 1.82) is 0 Å². The van der Waals surface area contributed by atoms with Gasteiger partial charge in [0, 0.05) is 6.07 Å². The third-order valence-electron chi connectivity index (χ3n) is 15.7. The lowest BCUT2D eigenvalue weighted by Crippen LogP contribution is -2.28. The maximum atomic E-state index is 11.8. The highest BCUT2D eigenvalue weighted by Gasteiger charge is 2.30. The molecule has 0 spiro atoms. The molecule has 6 rings (SSSR count). The standard InChI is InChI=1S/C13H18O3.2C12H16O3.C12H18O2.2C11H16O/c1-5-13(3,4)12(15)16-10-6-7-11(14)9(2)8-10;1-4-12(2,3)11(14)15-10-7-5-9(13)6-8-10;1-4-12(2,3)11(14)15-10-7-5-6-9(13)8-10;1-5-12(2,3)9-6-7-11(14-4)10(13)8-9;1-4-11(2,3)9-5-7-10(12)8-6-9;1-4-11(2,3)9-6-5-7-10(12)8-9/h6-8,14H,5H2,1-4H3;2*5-8,13H,4H2,1-3H3;6-8,13H,5H2,1-4H3;2*5-8,12H,4H2,1-3H3. The minimum atomic E-state index is -0.495. The summed E-state index contributed by atoms with van der Waals surface area (Å²) < 4.78 is 20.6. The van der Waals surface area contributed by atoms with E-state index in [2.05, 4.69) is 68.4 Å². The van der Waals surface area contributed by atoms with Crippen LogP contribution in [0.4, 0.5) is 0 Å². The van der Waals surface area contributed by atoms with Crippen molar-refractivity contribution in [1.82, 2.24) is 0 Å².